The fourth-order valence-electron chi connectivity index (χ4n) is 2.52. The Balaban J connectivity index is 2.56. The third-order valence-corrected chi connectivity index (χ3v) is 4.55. The molecule has 144 valence electrons. The van der Waals surface area contributed by atoms with Crippen molar-refractivity contribution < 1.29 is 23.9 Å². The lowest BCUT2D eigenvalue weighted by Gasteiger charge is -2.21. The molecule has 1 unspecified atom stereocenters. The highest BCUT2D eigenvalue weighted by molar-refractivity contribution is 7.98. The Morgan fingerprint density at radius 2 is 1.88 bits per heavy atom. The number of esters is 1. The monoisotopic (exact) mass is 374 g/mol. The van der Waals surface area contributed by atoms with E-state index in [0.717, 1.165) is 25.0 Å². The van der Waals surface area contributed by atoms with Crippen molar-refractivity contribution in [3.05, 3.63) is 0 Å². The first-order valence-electron chi connectivity index (χ1n) is 8.86. The molecule has 4 atom stereocenters. The van der Waals surface area contributed by atoms with Gasteiger partial charge in [0, 0.05) is 6.04 Å². The number of nitrogens with one attached hydrogen (secondary N) is 2. The van der Waals surface area contributed by atoms with Crippen molar-refractivity contribution in [1.82, 2.24) is 10.6 Å². The number of carbonyl (C=O) groups is 3. The number of amides is 2. The zero-order chi connectivity index (χ0) is 18.8. The molecule has 1 rings (SSSR count). The molecule has 0 radical (unpaired) electrons. The van der Waals surface area contributed by atoms with Crippen LogP contribution >= 0.6 is 11.8 Å². The van der Waals surface area contributed by atoms with E-state index in [-0.39, 0.29) is 18.6 Å². The molecule has 1 fully saturated rings. The van der Waals surface area contributed by atoms with Crippen molar-refractivity contribution in [1.29, 1.82) is 0 Å². The molecule has 1 aliphatic heterocycles. The second-order valence-electron chi connectivity index (χ2n) is 6.12. The minimum absolute atomic E-state index is 0.0573. The Hall–Kier alpha value is -1.28. The van der Waals surface area contributed by atoms with E-state index in [2.05, 4.69) is 17.6 Å². The number of epoxide rings is 1. The third kappa shape index (κ3) is 7.64. The van der Waals surface area contributed by atoms with Gasteiger partial charge in [0.25, 0.3) is 5.91 Å². The lowest BCUT2D eigenvalue weighted by molar-refractivity contribution is -0.144. The van der Waals surface area contributed by atoms with E-state index in [1.54, 1.807) is 18.7 Å². The topological polar surface area (TPSA) is 97.0 Å². The average molecular weight is 375 g/mol. The van der Waals surface area contributed by atoms with Crippen LogP contribution in [0.1, 0.15) is 46.5 Å². The van der Waals surface area contributed by atoms with Gasteiger partial charge in [-0.3, -0.25) is 9.59 Å². The zero-order valence-electron chi connectivity index (χ0n) is 15.5. The summed E-state index contributed by atoms with van der Waals surface area (Å²) in [7, 11) is 0. The zero-order valence-corrected chi connectivity index (χ0v) is 16.3. The molecule has 0 aromatic carbocycles. The Labute approximate surface area is 154 Å². The van der Waals surface area contributed by atoms with Gasteiger partial charge in [-0.15, -0.1) is 0 Å². The van der Waals surface area contributed by atoms with Crippen LogP contribution in [0.15, 0.2) is 0 Å². The van der Waals surface area contributed by atoms with E-state index >= 15 is 0 Å². The summed E-state index contributed by atoms with van der Waals surface area (Å²) in [5, 5.41) is 5.65. The summed E-state index contributed by atoms with van der Waals surface area (Å²) < 4.78 is 9.93. The molecule has 0 bridgehead atoms. The normalized spacial score (nSPS) is 21.1. The lowest BCUT2D eigenvalue weighted by Crippen LogP contribution is -2.50. The van der Waals surface area contributed by atoms with Crippen LogP contribution in [0.25, 0.3) is 0 Å². The molecule has 1 heterocycles. The summed E-state index contributed by atoms with van der Waals surface area (Å²) in [4.78, 5) is 36.3. The van der Waals surface area contributed by atoms with E-state index in [1.165, 1.54) is 0 Å². The van der Waals surface area contributed by atoms with Gasteiger partial charge in [0.1, 0.15) is 6.04 Å². The van der Waals surface area contributed by atoms with Gasteiger partial charge in [0.05, 0.1) is 6.61 Å². The first kappa shape index (κ1) is 21.8. The summed E-state index contributed by atoms with van der Waals surface area (Å²) in [6.07, 6.45) is 3.51. The first-order chi connectivity index (χ1) is 11.9. The number of hydrogen-bond acceptors (Lipinski definition) is 6. The molecule has 25 heavy (non-hydrogen) atoms. The summed E-state index contributed by atoms with van der Waals surface area (Å²) in [6.45, 7) is 5.93. The number of hydrogen-bond donors (Lipinski definition) is 2. The molecule has 1 saturated heterocycles. The summed E-state index contributed by atoms with van der Waals surface area (Å²) in [5.74, 6) is -0.257. The molecular weight excluding hydrogens is 344 g/mol. The summed E-state index contributed by atoms with van der Waals surface area (Å²) >= 11 is 1.69. The molecule has 7 nitrogen and oxygen atoms in total. The van der Waals surface area contributed by atoms with Crippen LogP contribution < -0.4 is 10.6 Å². The number of carbonyl (C=O) groups excluding carboxylic acids is 3. The van der Waals surface area contributed by atoms with E-state index in [1.807, 2.05) is 13.2 Å². The minimum atomic E-state index is -0.858. The SMILES string of the molecule is CCCC(C)NC(=O)[C@H](CCCSC)NC(=O)[C@H]1O[C@@H]1C(=O)OCC. The van der Waals surface area contributed by atoms with Gasteiger partial charge in [-0.1, -0.05) is 13.3 Å². The van der Waals surface area contributed by atoms with Crippen LogP contribution in [0.4, 0.5) is 0 Å². The molecule has 1 aliphatic rings. The molecular formula is C17H30N2O5S. The number of thioether (sulfide) groups is 1. The number of ether oxygens (including phenoxy) is 2. The van der Waals surface area contributed by atoms with Gasteiger partial charge >= 0.3 is 5.97 Å². The Morgan fingerprint density at radius 1 is 1.16 bits per heavy atom. The molecule has 2 amide bonds. The van der Waals surface area contributed by atoms with Crippen LogP contribution in [0.5, 0.6) is 0 Å². The van der Waals surface area contributed by atoms with Crippen LogP contribution in [-0.2, 0) is 23.9 Å². The summed E-state index contributed by atoms with van der Waals surface area (Å²) in [5.41, 5.74) is 0. The van der Waals surface area contributed by atoms with Crippen LogP contribution in [0.3, 0.4) is 0 Å². The predicted molar refractivity (Wildman–Crippen MR) is 97.4 cm³/mol. The quantitative estimate of drug-likeness (QED) is 0.303. The van der Waals surface area contributed by atoms with E-state index in [9.17, 15) is 14.4 Å². The molecule has 2 N–H and O–H groups in total. The smallest absolute Gasteiger partial charge is 0.338 e. The van der Waals surface area contributed by atoms with Gasteiger partial charge in [0.2, 0.25) is 5.91 Å². The van der Waals surface area contributed by atoms with Crippen molar-refractivity contribution in [3.8, 4) is 0 Å². The van der Waals surface area contributed by atoms with Crippen molar-refractivity contribution in [3.63, 3.8) is 0 Å². The molecule has 0 aliphatic carbocycles. The second-order valence-corrected chi connectivity index (χ2v) is 7.11. The summed E-state index contributed by atoms with van der Waals surface area (Å²) in [6, 6.07) is -0.562. The second kappa shape index (κ2) is 11.4. The highest BCUT2D eigenvalue weighted by Gasteiger charge is 2.52. The van der Waals surface area contributed by atoms with Crippen LogP contribution in [0, 0.1) is 0 Å². The van der Waals surface area contributed by atoms with Gasteiger partial charge in [0.15, 0.2) is 12.2 Å². The van der Waals surface area contributed by atoms with Gasteiger partial charge < -0.3 is 20.1 Å². The van der Waals surface area contributed by atoms with Gasteiger partial charge in [-0.2, -0.15) is 11.8 Å². The van der Waals surface area contributed by atoms with Crippen LogP contribution in [-0.4, -0.2) is 60.7 Å². The maximum Gasteiger partial charge on any atom is 0.338 e. The maximum absolute atomic E-state index is 12.5. The Bertz CT molecular complexity index is 460. The Kier molecular flexibility index (Phi) is 9.89. The first-order valence-corrected chi connectivity index (χ1v) is 10.3. The largest absolute Gasteiger partial charge is 0.464 e. The lowest BCUT2D eigenvalue weighted by atomic mass is 10.1. The maximum atomic E-state index is 12.5. The van der Waals surface area contributed by atoms with E-state index in [0.29, 0.717) is 6.42 Å². The minimum Gasteiger partial charge on any atom is -0.464 e. The van der Waals surface area contributed by atoms with Crippen LogP contribution in [0.2, 0.25) is 0 Å². The average Bonchev–Trinajstić information content (AvgIpc) is 3.35. The molecule has 0 aromatic rings. The standard InChI is InChI=1S/C17H30N2O5S/c1-5-8-11(3)18-15(20)12(9-7-10-25-4)19-16(21)13-14(24-13)17(22)23-6-2/h11-14H,5-10H2,1-4H3,(H,18,20)(H,19,21)/t11?,12-,13-,14-/m0/s1. The Morgan fingerprint density at radius 3 is 2.48 bits per heavy atom. The number of rotatable bonds is 12. The van der Waals surface area contributed by atoms with Crippen molar-refractivity contribution >= 4 is 29.5 Å². The predicted octanol–water partition coefficient (Wildman–Crippen LogP) is 1.25. The van der Waals surface area contributed by atoms with Crippen molar-refractivity contribution in [2.75, 3.05) is 18.6 Å². The fourth-order valence-corrected chi connectivity index (χ4v) is 2.97. The highest BCUT2D eigenvalue weighted by Crippen LogP contribution is 2.24. The van der Waals surface area contributed by atoms with Crippen molar-refractivity contribution in [2.24, 2.45) is 0 Å². The third-order valence-electron chi connectivity index (χ3n) is 3.85. The molecule has 0 aromatic heterocycles. The van der Waals surface area contributed by atoms with Gasteiger partial charge in [-0.05, 0) is 45.1 Å². The van der Waals surface area contributed by atoms with Gasteiger partial charge in [-0.25, -0.2) is 4.79 Å². The fraction of sp³-hybridized carbons (Fsp3) is 0.824. The van der Waals surface area contributed by atoms with E-state index < -0.39 is 30.1 Å². The molecule has 8 heteroatoms. The molecule has 0 spiro atoms. The molecule has 0 saturated carbocycles. The highest BCUT2D eigenvalue weighted by atomic mass is 32.2. The van der Waals surface area contributed by atoms with Crippen molar-refractivity contribution in [2.45, 2.75) is 70.7 Å². The van der Waals surface area contributed by atoms with E-state index in [4.69, 9.17) is 9.47 Å².